The van der Waals surface area contributed by atoms with Gasteiger partial charge in [-0.3, -0.25) is 0 Å². The van der Waals surface area contributed by atoms with Gasteiger partial charge in [0.05, 0.1) is 0 Å². The highest BCUT2D eigenvalue weighted by atomic mass is 19.4. The van der Waals surface area contributed by atoms with Gasteiger partial charge in [-0.05, 0) is 12.8 Å². The molecule has 0 spiro atoms. The number of hydrogen-bond acceptors (Lipinski definition) is 2. The molecule has 0 aliphatic carbocycles. The predicted molar refractivity (Wildman–Crippen MR) is 51.9 cm³/mol. The lowest BCUT2D eigenvalue weighted by Gasteiger charge is -2.37. The molecule has 1 fully saturated rings. The van der Waals surface area contributed by atoms with E-state index in [1.165, 1.54) is 0 Å². The van der Waals surface area contributed by atoms with Crippen molar-refractivity contribution in [2.75, 3.05) is 13.1 Å². The van der Waals surface area contributed by atoms with Crippen LogP contribution in [0.2, 0.25) is 0 Å². The third kappa shape index (κ3) is 3.22. The van der Waals surface area contributed by atoms with Gasteiger partial charge in [-0.25, -0.2) is 4.90 Å². The Morgan fingerprint density at radius 3 is 1.67 bits per heavy atom. The van der Waals surface area contributed by atoms with Crippen molar-refractivity contribution >= 4 is 0 Å². The molecule has 0 amide bonds. The van der Waals surface area contributed by atoms with Crippen LogP contribution in [0, 0.1) is 0 Å². The molecule has 0 saturated carbocycles. The van der Waals surface area contributed by atoms with E-state index < -0.39 is 43.1 Å². The summed E-state index contributed by atoms with van der Waals surface area (Å²) in [5.74, 6) is -8.86. The highest BCUT2D eigenvalue weighted by molar-refractivity contribution is 4.99. The second-order valence-corrected chi connectivity index (χ2v) is 4.35. The van der Waals surface area contributed by atoms with Gasteiger partial charge in [-0.2, -0.15) is 39.5 Å². The first kappa shape index (κ1) is 17.9. The molecule has 1 heterocycles. The van der Waals surface area contributed by atoms with Gasteiger partial charge >= 0.3 is 24.3 Å². The predicted octanol–water partition coefficient (Wildman–Crippen LogP) is 4.00. The van der Waals surface area contributed by atoms with Gasteiger partial charge in [0.1, 0.15) is 0 Å². The van der Waals surface area contributed by atoms with Gasteiger partial charge in [0, 0.05) is 13.1 Å². The van der Waals surface area contributed by atoms with Gasteiger partial charge in [0.15, 0.2) is 5.76 Å². The number of allylic oxidation sites excluding steroid dienone is 1. The van der Waals surface area contributed by atoms with E-state index in [-0.39, 0.29) is 17.7 Å². The molecule has 1 rings (SSSR count). The Morgan fingerprint density at radius 2 is 1.29 bits per heavy atom. The number of nitrogens with zero attached hydrogens (tertiary/aromatic N) is 1. The first-order valence-corrected chi connectivity index (χ1v) is 5.57. The third-order valence-corrected chi connectivity index (χ3v) is 2.81. The van der Waals surface area contributed by atoms with Crippen molar-refractivity contribution in [3.8, 4) is 0 Å². The average molecular weight is 331 g/mol. The quantitative estimate of drug-likeness (QED) is 0.429. The lowest BCUT2D eigenvalue weighted by molar-refractivity contribution is -0.419. The van der Waals surface area contributed by atoms with E-state index in [0.29, 0.717) is 0 Å². The standard InChI is InChI=1S/C10H10F9NO/c1-6(7(11,12)13)21-10(18,19)8(14,15)9(16,17)20-4-2-3-5-20/h1-5H2. The lowest BCUT2D eigenvalue weighted by Crippen LogP contribution is -2.62. The Labute approximate surface area is 113 Å². The van der Waals surface area contributed by atoms with Crippen LogP contribution in [0.5, 0.6) is 0 Å². The molecule has 0 bridgehead atoms. The molecule has 0 aromatic rings. The van der Waals surface area contributed by atoms with Gasteiger partial charge in [-0.1, -0.05) is 6.58 Å². The SMILES string of the molecule is C=C(OC(F)(F)C(F)(F)C(F)(F)N1CCCC1)C(F)(F)F. The average Bonchev–Trinajstić information content (AvgIpc) is 2.80. The highest BCUT2D eigenvalue weighted by Gasteiger charge is 2.76. The summed E-state index contributed by atoms with van der Waals surface area (Å²) in [4.78, 5) is -0.222. The fourth-order valence-electron chi connectivity index (χ4n) is 1.65. The Bertz CT molecular complexity index is 398. The Hall–Kier alpha value is -1.13. The molecule has 11 heteroatoms. The first-order valence-electron chi connectivity index (χ1n) is 5.57. The van der Waals surface area contributed by atoms with E-state index in [1.54, 1.807) is 0 Å². The van der Waals surface area contributed by atoms with Crippen LogP contribution in [0.4, 0.5) is 39.5 Å². The topological polar surface area (TPSA) is 12.5 Å². The molecule has 0 unspecified atom stereocenters. The van der Waals surface area contributed by atoms with E-state index >= 15 is 0 Å². The monoisotopic (exact) mass is 331 g/mol. The van der Waals surface area contributed by atoms with Gasteiger partial charge in [0.25, 0.3) is 0 Å². The zero-order chi connectivity index (χ0) is 16.7. The minimum Gasteiger partial charge on any atom is -0.423 e. The molecule has 1 aliphatic heterocycles. The lowest BCUT2D eigenvalue weighted by atomic mass is 10.2. The molecular weight excluding hydrogens is 321 g/mol. The van der Waals surface area contributed by atoms with Crippen LogP contribution in [0.25, 0.3) is 0 Å². The van der Waals surface area contributed by atoms with E-state index in [4.69, 9.17) is 0 Å². The molecule has 21 heavy (non-hydrogen) atoms. The van der Waals surface area contributed by atoms with E-state index in [9.17, 15) is 39.5 Å². The summed E-state index contributed by atoms with van der Waals surface area (Å²) < 4.78 is 118. The summed E-state index contributed by atoms with van der Waals surface area (Å²) in [6.07, 6.45) is -11.5. The van der Waals surface area contributed by atoms with Crippen molar-refractivity contribution < 1.29 is 44.3 Å². The molecule has 0 atom stereocenters. The van der Waals surface area contributed by atoms with Crippen molar-refractivity contribution in [2.45, 2.75) is 37.1 Å². The summed E-state index contributed by atoms with van der Waals surface area (Å²) in [6, 6.07) is -5.36. The Morgan fingerprint density at radius 1 is 0.857 bits per heavy atom. The van der Waals surface area contributed by atoms with Crippen molar-refractivity contribution in [1.29, 1.82) is 0 Å². The smallest absolute Gasteiger partial charge is 0.423 e. The summed E-state index contributed by atoms with van der Waals surface area (Å²) in [5, 5.41) is 0. The van der Waals surface area contributed by atoms with Gasteiger partial charge < -0.3 is 4.74 Å². The third-order valence-electron chi connectivity index (χ3n) is 2.81. The maximum Gasteiger partial charge on any atom is 0.472 e. The van der Waals surface area contributed by atoms with Crippen LogP contribution in [-0.4, -0.2) is 42.2 Å². The molecular formula is C10H10F9NO. The molecule has 0 N–H and O–H groups in total. The molecule has 1 saturated heterocycles. The summed E-state index contributed by atoms with van der Waals surface area (Å²) in [5.41, 5.74) is 0. The highest BCUT2D eigenvalue weighted by Crippen LogP contribution is 2.50. The Balaban J connectivity index is 3.00. The molecule has 0 radical (unpaired) electrons. The summed E-state index contributed by atoms with van der Waals surface area (Å²) in [7, 11) is 0. The van der Waals surface area contributed by atoms with Crippen LogP contribution in [0.15, 0.2) is 12.3 Å². The van der Waals surface area contributed by atoms with Gasteiger partial charge in [-0.15, -0.1) is 0 Å². The maximum absolute atomic E-state index is 13.5. The summed E-state index contributed by atoms with van der Waals surface area (Å²) in [6.45, 7) is 0.816. The Kier molecular flexibility index (Phi) is 4.48. The summed E-state index contributed by atoms with van der Waals surface area (Å²) >= 11 is 0. The molecule has 0 aromatic heterocycles. The molecule has 124 valence electrons. The van der Waals surface area contributed by atoms with Crippen molar-refractivity contribution in [3.63, 3.8) is 0 Å². The van der Waals surface area contributed by atoms with Crippen LogP contribution in [0.1, 0.15) is 12.8 Å². The molecule has 0 aromatic carbocycles. The second kappa shape index (κ2) is 5.25. The first-order chi connectivity index (χ1) is 9.23. The van der Waals surface area contributed by atoms with Crippen LogP contribution >= 0.6 is 0 Å². The van der Waals surface area contributed by atoms with Crippen molar-refractivity contribution in [3.05, 3.63) is 12.3 Å². The van der Waals surface area contributed by atoms with E-state index in [0.717, 1.165) is 0 Å². The van der Waals surface area contributed by atoms with E-state index in [2.05, 4.69) is 4.74 Å². The fourth-order valence-corrected chi connectivity index (χ4v) is 1.65. The van der Waals surface area contributed by atoms with Crippen LogP contribution in [0.3, 0.4) is 0 Å². The largest absolute Gasteiger partial charge is 0.472 e. The minimum absolute atomic E-state index is 0.0767. The molecule has 1 aliphatic rings. The van der Waals surface area contributed by atoms with Crippen LogP contribution in [-0.2, 0) is 4.74 Å². The number of ether oxygens (including phenoxy) is 1. The number of rotatable bonds is 5. The zero-order valence-electron chi connectivity index (χ0n) is 10.3. The van der Waals surface area contributed by atoms with Gasteiger partial charge in [0.2, 0.25) is 0 Å². The normalized spacial score (nSPS) is 18.9. The number of hydrogen-bond donors (Lipinski definition) is 0. The van der Waals surface area contributed by atoms with Crippen LogP contribution < -0.4 is 0 Å². The second-order valence-electron chi connectivity index (χ2n) is 4.35. The zero-order valence-corrected chi connectivity index (χ0v) is 10.3. The van der Waals surface area contributed by atoms with E-state index in [1.807, 2.05) is 6.58 Å². The maximum atomic E-state index is 13.5. The molecule has 2 nitrogen and oxygen atoms in total. The number of alkyl halides is 9. The van der Waals surface area contributed by atoms with Crippen molar-refractivity contribution in [2.24, 2.45) is 0 Å². The fraction of sp³-hybridized carbons (Fsp3) is 0.800. The minimum atomic E-state index is -6.17. The van der Waals surface area contributed by atoms with Crippen molar-refractivity contribution in [1.82, 2.24) is 4.90 Å². The number of likely N-dealkylation sites (tertiary alicyclic amines) is 1. The number of halogens is 9.